The Morgan fingerprint density at radius 1 is 1.26 bits per heavy atom. The third kappa shape index (κ3) is 3.93. The Hall–Kier alpha value is -0.120. The van der Waals surface area contributed by atoms with Gasteiger partial charge in [0.15, 0.2) is 0 Å². The lowest BCUT2D eigenvalue weighted by Crippen LogP contribution is -2.50. The number of aliphatic hydroxyl groups excluding tert-OH is 1. The summed E-state index contributed by atoms with van der Waals surface area (Å²) in [5.74, 6) is 0.737. The minimum Gasteiger partial charge on any atom is -0.395 e. The monoisotopic (exact) mass is 268 g/mol. The van der Waals surface area contributed by atoms with Crippen molar-refractivity contribution in [2.75, 3.05) is 26.7 Å². The van der Waals surface area contributed by atoms with E-state index >= 15 is 0 Å². The lowest BCUT2D eigenvalue weighted by molar-refractivity contribution is 0.0439. The number of rotatable bonds is 4. The molecule has 0 aromatic heterocycles. The minimum absolute atomic E-state index is 0.334. The van der Waals surface area contributed by atoms with Gasteiger partial charge in [0.25, 0.3) is 0 Å². The van der Waals surface area contributed by atoms with E-state index in [1.165, 1.54) is 51.6 Å². The number of piperidine rings is 1. The normalized spacial score (nSPS) is 36.3. The molecule has 2 aliphatic rings. The molecule has 3 atom stereocenters. The second-order valence-corrected chi connectivity index (χ2v) is 7.39. The van der Waals surface area contributed by atoms with Crippen LogP contribution in [-0.2, 0) is 0 Å². The molecule has 3 heteroatoms. The quantitative estimate of drug-likeness (QED) is 0.821. The van der Waals surface area contributed by atoms with Crippen LogP contribution in [0.1, 0.15) is 52.4 Å². The summed E-state index contributed by atoms with van der Waals surface area (Å²) < 4.78 is 0. The van der Waals surface area contributed by atoms with Gasteiger partial charge in [0.05, 0.1) is 6.61 Å². The third-order valence-electron chi connectivity index (χ3n) is 5.32. The van der Waals surface area contributed by atoms with Gasteiger partial charge in [0.1, 0.15) is 0 Å². The van der Waals surface area contributed by atoms with E-state index in [1.54, 1.807) is 0 Å². The van der Waals surface area contributed by atoms with Crippen molar-refractivity contribution in [3.8, 4) is 0 Å². The molecule has 19 heavy (non-hydrogen) atoms. The predicted molar refractivity (Wildman–Crippen MR) is 80.3 cm³/mol. The molecule has 0 spiro atoms. The largest absolute Gasteiger partial charge is 0.395 e. The number of hydrogen-bond donors (Lipinski definition) is 2. The molecule has 1 saturated heterocycles. The van der Waals surface area contributed by atoms with E-state index in [2.05, 4.69) is 31.1 Å². The van der Waals surface area contributed by atoms with E-state index < -0.39 is 0 Å². The third-order valence-corrected chi connectivity index (χ3v) is 5.32. The molecule has 1 saturated carbocycles. The molecular formula is C16H32N2O. The highest BCUT2D eigenvalue weighted by molar-refractivity contribution is 4.91. The van der Waals surface area contributed by atoms with Crippen molar-refractivity contribution in [2.24, 2.45) is 11.3 Å². The molecule has 0 radical (unpaired) electrons. The summed E-state index contributed by atoms with van der Waals surface area (Å²) in [6.07, 6.45) is 7.71. The molecule has 112 valence electrons. The van der Waals surface area contributed by atoms with Crippen LogP contribution in [0.5, 0.6) is 0 Å². The minimum atomic E-state index is 0.334. The average molecular weight is 268 g/mol. The van der Waals surface area contributed by atoms with Gasteiger partial charge in [-0.05, 0) is 57.0 Å². The number of hydrogen-bond acceptors (Lipinski definition) is 3. The molecule has 0 aromatic carbocycles. The van der Waals surface area contributed by atoms with Crippen molar-refractivity contribution in [3.05, 3.63) is 0 Å². The fourth-order valence-electron chi connectivity index (χ4n) is 4.12. The van der Waals surface area contributed by atoms with Crippen molar-refractivity contribution < 1.29 is 5.11 Å². The van der Waals surface area contributed by atoms with Gasteiger partial charge in [0, 0.05) is 18.6 Å². The van der Waals surface area contributed by atoms with E-state index in [-0.39, 0.29) is 0 Å². The van der Waals surface area contributed by atoms with Gasteiger partial charge in [0.2, 0.25) is 0 Å². The lowest BCUT2D eigenvalue weighted by Gasteiger charge is -2.45. The van der Waals surface area contributed by atoms with Crippen molar-refractivity contribution in [2.45, 2.75) is 64.5 Å². The summed E-state index contributed by atoms with van der Waals surface area (Å²) in [4.78, 5) is 2.56. The number of aliphatic hydroxyl groups is 1. The van der Waals surface area contributed by atoms with Crippen LogP contribution in [0.3, 0.4) is 0 Å². The van der Waals surface area contributed by atoms with Crippen LogP contribution in [0, 0.1) is 11.3 Å². The van der Waals surface area contributed by atoms with Gasteiger partial charge in [-0.1, -0.05) is 20.3 Å². The van der Waals surface area contributed by atoms with E-state index in [0.29, 0.717) is 24.1 Å². The highest BCUT2D eigenvalue weighted by Gasteiger charge is 2.36. The van der Waals surface area contributed by atoms with Crippen LogP contribution < -0.4 is 5.32 Å². The van der Waals surface area contributed by atoms with Crippen LogP contribution in [0.25, 0.3) is 0 Å². The molecule has 0 aromatic rings. The summed E-state index contributed by atoms with van der Waals surface area (Å²) in [7, 11) is 2.11. The maximum absolute atomic E-state index is 9.56. The number of nitrogens with zero attached hydrogens (tertiary/aromatic N) is 1. The Bertz CT molecular complexity index is 280. The molecule has 0 amide bonds. The summed E-state index contributed by atoms with van der Waals surface area (Å²) in [5, 5.41) is 13.1. The highest BCUT2D eigenvalue weighted by atomic mass is 16.3. The van der Waals surface area contributed by atoms with Crippen molar-refractivity contribution in [1.29, 1.82) is 0 Å². The first-order chi connectivity index (χ1) is 9.05. The fraction of sp³-hybridized carbons (Fsp3) is 1.00. The van der Waals surface area contributed by atoms with E-state index in [4.69, 9.17) is 0 Å². The zero-order chi connectivity index (χ0) is 13.9. The molecule has 3 unspecified atom stereocenters. The molecule has 1 heterocycles. The van der Waals surface area contributed by atoms with Gasteiger partial charge in [-0.3, -0.25) is 4.90 Å². The van der Waals surface area contributed by atoms with Crippen LogP contribution in [0.15, 0.2) is 0 Å². The first kappa shape index (κ1) is 15.3. The van der Waals surface area contributed by atoms with Gasteiger partial charge >= 0.3 is 0 Å². The Balaban J connectivity index is 1.97. The van der Waals surface area contributed by atoms with Gasteiger partial charge in [-0.15, -0.1) is 0 Å². The molecule has 0 bridgehead atoms. The molecule has 2 fully saturated rings. The SMILES string of the molecule is CNC1CCC(C)(C)CC1CN1CCCCC1CO. The van der Waals surface area contributed by atoms with Crippen LogP contribution in [-0.4, -0.2) is 48.8 Å². The first-order valence-electron chi connectivity index (χ1n) is 8.08. The van der Waals surface area contributed by atoms with Crippen LogP contribution >= 0.6 is 0 Å². The van der Waals surface area contributed by atoms with Gasteiger partial charge in [-0.25, -0.2) is 0 Å². The van der Waals surface area contributed by atoms with E-state index in [9.17, 15) is 5.11 Å². The van der Waals surface area contributed by atoms with E-state index in [0.717, 1.165) is 5.92 Å². The highest BCUT2D eigenvalue weighted by Crippen LogP contribution is 2.39. The van der Waals surface area contributed by atoms with Crippen LogP contribution in [0.4, 0.5) is 0 Å². The molecule has 2 rings (SSSR count). The maximum atomic E-state index is 9.56. The summed E-state index contributed by atoms with van der Waals surface area (Å²) in [5.41, 5.74) is 0.489. The smallest absolute Gasteiger partial charge is 0.0586 e. The maximum Gasteiger partial charge on any atom is 0.0586 e. The van der Waals surface area contributed by atoms with Crippen LogP contribution in [0.2, 0.25) is 0 Å². The standard InChI is InChI=1S/C16H32N2O/c1-16(2)8-7-15(17-3)13(10-16)11-18-9-5-4-6-14(18)12-19/h13-15,17,19H,4-12H2,1-3H3. The van der Waals surface area contributed by atoms with Crippen molar-refractivity contribution in [3.63, 3.8) is 0 Å². The predicted octanol–water partition coefficient (Wildman–Crippen LogP) is 2.25. The Kier molecular flexibility index (Phi) is 5.27. The average Bonchev–Trinajstić information content (AvgIpc) is 2.39. The second kappa shape index (κ2) is 6.55. The second-order valence-electron chi connectivity index (χ2n) is 7.39. The lowest BCUT2D eigenvalue weighted by atomic mass is 9.69. The fourth-order valence-corrected chi connectivity index (χ4v) is 4.12. The zero-order valence-corrected chi connectivity index (χ0v) is 13.0. The number of likely N-dealkylation sites (tertiary alicyclic amines) is 1. The van der Waals surface area contributed by atoms with Crippen molar-refractivity contribution in [1.82, 2.24) is 10.2 Å². The Labute approximate surface area is 118 Å². The molecular weight excluding hydrogens is 236 g/mol. The summed E-state index contributed by atoms with van der Waals surface area (Å²) >= 11 is 0. The summed E-state index contributed by atoms with van der Waals surface area (Å²) in [6, 6.07) is 1.07. The first-order valence-corrected chi connectivity index (χ1v) is 8.08. The molecule has 3 nitrogen and oxygen atoms in total. The van der Waals surface area contributed by atoms with E-state index in [1.807, 2.05) is 0 Å². The summed E-state index contributed by atoms with van der Waals surface area (Å²) in [6.45, 7) is 7.50. The molecule has 1 aliphatic carbocycles. The molecule has 2 N–H and O–H groups in total. The van der Waals surface area contributed by atoms with Gasteiger partial charge < -0.3 is 10.4 Å². The topological polar surface area (TPSA) is 35.5 Å². The Morgan fingerprint density at radius 2 is 2.05 bits per heavy atom. The molecule has 1 aliphatic heterocycles. The van der Waals surface area contributed by atoms with Gasteiger partial charge in [-0.2, -0.15) is 0 Å². The Morgan fingerprint density at radius 3 is 2.74 bits per heavy atom. The number of nitrogens with one attached hydrogen (secondary N) is 1. The van der Waals surface area contributed by atoms with Crippen molar-refractivity contribution >= 4 is 0 Å². The zero-order valence-electron chi connectivity index (χ0n) is 13.0.